The molecule has 0 aromatic heterocycles. The van der Waals surface area contributed by atoms with E-state index >= 15 is 0 Å². The maximum absolute atomic E-state index is 13.1. The predicted molar refractivity (Wildman–Crippen MR) is 165 cm³/mol. The first kappa shape index (κ1) is 35.1. The summed E-state index contributed by atoms with van der Waals surface area (Å²) in [6.45, 7) is 22.5. The van der Waals surface area contributed by atoms with Crippen LogP contribution in [0.5, 0.6) is 0 Å². The van der Waals surface area contributed by atoms with Gasteiger partial charge in [0, 0.05) is 37.1 Å². The highest BCUT2D eigenvalue weighted by Crippen LogP contribution is 2.39. The quantitative estimate of drug-likeness (QED) is 0.201. The summed E-state index contributed by atoms with van der Waals surface area (Å²) in [6.07, 6.45) is 11.2. The molecule has 0 bridgehead atoms. The van der Waals surface area contributed by atoms with Crippen LogP contribution in [0.15, 0.2) is 0 Å². The van der Waals surface area contributed by atoms with Crippen molar-refractivity contribution in [3.8, 4) is 0 Å². The molecule has 0 saturated carbocycles. The molecule has 2 aliphatic heterocycles. The van der Waals surface area contributed by atoms with E-state index in [9.17, 15) is 9.59 Å². The van der Waals surface area contributed by atoms with Crippen LogP contribution >= 0.6 is 0 Å². The standard InChI is InChI=1S/C34H64N2O4/c1-10-11-12-25(2)13-14-30(37)40-34(9,27-15-18-35-19-16-27)24-29-22-28(17-20-36-29)33(7,8)39-31(38)21-26(3)23-32(4,5)6/h25-29,35-36H,10-24H2,1-9H3. The Hall–Kier alpha value is -1.14. The summed E-state index contributed by atoms with van der Waals surface area (Å²) in [5.41, 5.74) is -0.806. The monoisotopic (exact) mass is 564 g/mol. The van der Waals surface area contributed by atoms with Gasteiger partial charge in [0.05, 0.1) is 0 Å². The number of hydrogen-bond acceptors (Lipinski definition) is 6. The number of unbranched alkanes of at least 4 members (excludes halogenated alkanes) is 1. The topological polar surface area (TPSA) is 76.7 Å². The van der Waals surface area contributed by atoms with E-state index in [2.05, 4.69) is 72.9 Å². The van der Waals surface area contributed by atoms with Crippen LogP contribution in [0.3, 0.4) is 0 Å². The highest BCUT2D eigenvalue weighted by Gasteiger charge is 2.44. The number of hydrogen-bond donors (Lipinski definition) is 2. The van der Waals surface area contributed by atoms with Crippen LogP contribution in [0.2, 0.25) is 0 Å². The summed E-state index contributed by atoms with van der Waals surface area (Å²) in [5, 5.41) is 7.20. The third-order valence-corrected chi connectivity index (χ3v) is 9.42. The van der Waals surface area contributed by atoms with Gasteiger partial charge >= 0.3 is 11.9 Å². The second-order valence-corrected chi connectivity index (χ2v) is 15.3. The highest BCUT2D eigenvalue weighted by molar-refractivity contribution is 5.70. The Labute approximate surface area is 246 Å². The van der Waals surface area contributed by atoms with Crippen molar-refractivity contribution in [3.63, 3.8) is 0 Å². The van der Waals surface area contributed by atoms with Crippen LogP contribution < -0.4 is 10.6 Å². The van der Waals surface area contributed by atoms with E-state index in [1.807, 2.05) is 0 Å². The van der Waals surface area contributed by atoms with Gasteiger partial charge < -0.3 is 20.1 Å². The number of esters is 2. The smallest absolute Gasteiger partial charge is 0.306 e. The van der Waals surface area contributed by atoms with E-state index in [1.54, 1.807) is 0 Å². The lowest BCUT2D eigenvalue weighted by Gasteiger charge is -2.45. The third-order valence-electron chi connectivity index (χ3n) is 9.42. The summed E-state index contributed by atoms with van der Waals surface area (Å²) < 4.78 is 12.6. The third kappa shape index (κ3) is 12.4. The van der Waals surface area contributed by atoms with Gasteiger partial charge in [0.2, 0.25) is 0 Å². The molecular formula is C34H64N2O4. The molecule has 0 spiro atoms. The van der Waals surface area contributed by atoms with Gasteiger partial charge in [-0.05, 0) is 96.2 Å². The molecule has 0 aromatic rings. The summed E-state index contributed by atoms with van der Waals surface area (Å²) in [6, 6.07) is 0.229. The number of rotatable bonds is 15. The molecule has 0 amide bonds. The molecule has 5 atom stereocenters. The van der Waals surface area contributed by atoms with Crippen molar-refractivity contribution >= 4 is 11.9 Å². The molecule has 2 fully saturated rings. The molecule has 2 heterocycles. The largest absolute Gasteiger partial charge is 0.459 e. The van der Waals surface area contributed by atoms with Gasteiger partial charge in [0.25, 0.3) is 0 Å². The maximum Gasteiger partial charge on any atom is 0.306 e. The summed E-state index contributed by atoms with van der Waals surface area (Å²) in [7, 11) is 0. The first-order chi connectivity index (χ1) is 18.6. The lowest BCUT2D eigenvalue weighted by atomic mass is 9.73. The Morgan fingerprint density at radius 1 is 0.850 bits per heavy atom. The Balaban J connectivity index is 2.01. The minimum absolute atomic E-state index is 0.0459. The fourth-order valence-corrected chi connectivity index (χ4v) is 7.20. The minimum Gasteiger partial charge on any atom is -0.459 e. The van der Waals surface area contributed by atoms with Crippen LogP contribution in [0, 0.1) is 29.1 Å². The Morgan fingerprint density at radius 2 is 1.50 bits per heavy atom. The first-order valence-corrected chi connectivity index (χ1v) is 16.5. The number of ether oxygens (including phenoxy) is 2. The molecule has 2 N–H and O–H groups in total. The number of piperidine rings is 2. The van der Waals surface area contributed by atoms with Crippen LogP contribution in [0.4, 0.5) is 0 Å². The summed E-state index contributed by atoms with van der Waals surface area (Å²) in [5.74, 6) is 1.35. The van der Waals surface area contributed by atoms with Gasteiger partial charge in [-0.3, -0.25) is 9.59 Å². The molecule has 0 radical (unpaired) electrons. The molecule has 6 heteroatoms. The normalized spacial score (nSPS) is 24.1. The van der Waals surface area contributed by atoms with Crippen molar-refractivity contribution < 1.29 is 19.1 Å². The number of nitrogens with one attached hydrogen (secondary N) is 2. The first-order valence-electron chi connectivity index (χ1n) is 16.5. The molecule has 234 valence electrons. The van der Waals surface area contributed by atoms with Gasteiger partial charge in [-0.25, -0.2) is 0 Å². The highest BCUT2D eigenvalue weighted by atomic mass is 16.6. The lowest BCUT2D eigenvalue weighted by molar-refractivity contribution is -0.170. The van der Waals surface area contributed by atoms with Crippen molar-refractivity contribution in [2.45, 2.75) is 157 Å². The number of carbonyl (C=O) groups excluding carboxylic acids is 2. The zero-order valence-electron chi connectivity index (χ0n) is 27.6. The van der Waals surface area contributed by atoms with Gasteiger partial charge in [-0.2, -0.15) is 0 Å². The van der Waals surface area contributed by atoms with E-state index in [1.165, 1.54) is 19.3 Å². The summed E-state index contributed by atoms with van der Waals surface area (Å²) >= 11 is 0. The zero-order valence-corrected chi connectivity index (χ0v) is 27.6. The Bertz CT molecular complexity index is 770. The van der Waals surface area contributed by atoms with Crippen molar-refractivity contribution in [3.05, 3.63) is 0 Å². The van der Waals surface area contributed by atoms with Crippen LogP contribution in [0.1, 0.15) is 139 Å². The van der Waals surface area contributed by atoms with E-state index in [0.29, 0.717) is 30.6 Å². The maximum atomic E-state index is 13.1. The van der Waals surface area contributed by atoms with Gasteiger partial charge in [0.15, 0.2) is 0 Å². The lowest BCUT2D eigenvalue weighted by Crippen LogP contribution is -2.53. The molecule has 40 heavy (non-hydrogen) atoms. The van der Waals surface area contributed by atoms with E-state index in [-0.39, 0.29) is 29.3 Å². The average molecular weight is 565 g/mol. The molecular weight excluding hydrogens is 500 g/mol. The van der Waals surface area contributed by atoms with Crippen molar-refractivity contribution in [1.29, 1.82) is 0 Å². The van der Waals surface area contributed by atoms with Crippen LogP contribution in [-0.2, 0) is 19.1 Å². The predicted octanol–water partition coefficient (Wildman–Crippen LogP) is 7.44. The second kappa shape index (κ2) is 15.9. The van der Waals surface area contributed by atoms with Crippen molar-refractivity contribution in [2.75, 3.05) is 19.6 Å². The average Bonchev–Trinajstić information content (AvgIpc) is 2.85. The molecule has 2 saturated heterocycles. The molecule has 0 aromatic carbocycles. The molecule has 2 rings (SSSR count). The van der Waals surface area contributed by atoms with E-state index < -0.39 is 11.2 Å². The van der Waals surface area contributed by atoms with Gasteiger partial charge in [-0.1, -0.05) is 60.8 Å². The van der Waals surface area contributed by atoms with Crippen LogP contribution in [-0.4, -0.2) is 48.8 Å². The fraction of sp³-hybridized carbons (Fsp3) is 0.941. The zero-order chi connectivity index (χ0) is 30.0. The number of carbonyl (C=O) groups is 2. The van der Waals surface area contributed by atoms with Crippen LogP contribution in [0.25, 0.3) is 0 Å². The molecule has 2 aliphatic rings. The SMILES string of the molecule is CCCCC(C)CCC(=O)OC(C)(CC1CC(C(C)(C)OC(=O)CC(C)CC(C)(C)C)CCN1)C1CCNCC1. The van der Waals surface area contributed by atoms with E-state index in [0.717, 1.165) is 64.6 Å². The Kier molecular flexibility index (Phi) is 13.9. The van der Waals surface area contributed by atoms with Gasteiger partial charge in [0.1, 0.15) is 11.2 Å². The van der Waals surface area contributed by atoms with Crippen molar-refractivity contribution in [1.82, 2.24) is 10.6 Å². The summed E-state index contributed by atoms with van der Waals surface area (Å²) in [4.78, 5) is 26.0. The fourth-order valence-electron chi connectivity index (χ4n) is 7.20. The second-order valence-electron chi connectivity index (χ2n) is 15.3. The molecule has 0 aliphatic carbocycles. The van der Waals surface area contributed by atoms with Gasteiger partial charge in [-0.15, -0.1) is 0 Å². The molecule has 5 unspecified atom stereocenters. The van der Waals surface area contributed by atoms with E-state index in [4.69, 9.17) is 9.47 Å². The van der Waals surface area contributed by atoms with Crippen molar-refractivity contribution in [2.24, 2.45) is 29.1 Å². The Morgan fingerprint density at radius 3 is 2.12 bits per heavy atom. The molecule has 6 nitrogen and oxygen atoms in total. The minimum atomic E-state index is -0.519.